The van der Waals surface area contributed by atoms with Gasteiger partial charge in [0.1, 0.15) is 5.82 Å². The highest BCUT2D eigenvalue weighted by atomic mass is 79.9. The molecular formula is C14H23BrN4. The topological polar surface area (TPSA) is 45.4 Å². The minimum Gasteiger partial charge on any atom is -0.354 e. The molecule has 0 bridgehead atoms. The SMILES string of the molecule is Cc1cc(Br)cnc1N1CCN(CC(C)CN)CC1. The largest absolute Gasteiger partial charge is 0.354 e. The Hall–Kier alpha value is -0.650. The average molecular weight is 327 g/mol. The maximum Gasteiger partial charge on any atom is 0.131 e. The van der Waals surface area contributed by atoms with Gasteiger partial charge in [0.25, 0.3) is 0 Å². The third-order valence-corrected chi connectivity index (χ3v) is 4.10. The third kappa shape index (κ3) is 3.91. The van der Waals surface area contributed by atoms with Crippen LogP contribution in [0.2, 0.25) is 0 Å². The molecule has 0 aromatic carbocycles. The number of piperazine rings is 1. The minimum atomic E-state index is 0.582. The van der Waals surface area contributed by atoms with Crippen LogP contribution >= 0.6 is 15.9 Å². The molecule has 0 saturated carbocycles. The minimum absolute atomic E-state index is 0.582. The van der Waals surface area contributed by atoms with E-state index in [1.807, 2.05) is 6.20 Å². The fourth-order valence-corrected chi connectivity index (χ4v) is 2.97. The molecule has 1 fully saturated rings. The summed E-state index contributed by atoms with van der Waals surface area (Å²) >= 11 is 3.46. The van der Waals surface area contributed by atoms with E-state index in [2.05, 4.69) is 50.6 Å². The number of aryl methyl sites for hydroxylation is 1. The molecule has 19 heavy (non-hydrogen) atoms. The first kappa shape index (κ1) is 14.8. The third-order valence-electron chi connectivity index (χ3n) is 3.66. The highest BCUT2D eigenvalue weighted by molar-refractivity contribution is 9.10. The van der Waals surface area contributed by atoms with E-state index in [1.165, 1.54) is 5.56 Å². The fourth-order valence-electron chi connectivity index (χ4n) is 2.52. The molecule has 1 aliphatic heterocycles. The van der Waals surface area contributed by atoms with Crippen molar-refractivity contribution in [2.24, 2.45) is 11.7 Å². The van der Waals surface area contributed by atoms with E-state index in [4.69, 9.17) is 5.73 Å². The van der Waals surface area contributed by atoms with Crippen molar-refractivity contribution in [2.45, 2.75) is 13.8 Å². The Labute approximate surface area is 124 Å². The summed E-state index contributed by atoms with van der Waals surface area (Å²) in [5.74, 6) is 1.70. The first-order valence-electron chi connectivity index (χ1n) is 6.89. The van der Waals surface area contributed by atoms with Gasteiger partial charge in [-0.1, -0.05) is 6.92 Å². The van der Waals surface area contributed by atoms with E-state index in [9.17, 15) is 0 Å². The second-order valence-corrected chi connectivity index (χ2v) is 6.34. The maximum atomic E-state index is 5.69. The molecule has 5 heteroatoms. The average Bonchev–Trinajstić information content (AvgIpc) is 2.40. The summed E-state index contributed by atoms with van der Waals surface area (Å²) in [6.07, 6.45) is 1.88. The van der Waals surface area contributed by atoms with Crippen LogP contribution in [0, 0.1) is 12.8 Å². The van der Waals surface area contributed by atoms with Gasteiger partial charge in [-0.05, 0) is 46.9 Å². The van der Waals surface area contributed by atoms with Crippen LogP contribution in [0.1, 0.15) is 12.5 Å². The van der Waals surface area contributed by atoms with Crippen molar-refractivity contribution in [1.82, 2.24) is 9.88 Å². The Bertz CT molecular complexity index is 416. The lowest BCUT2D eigenvalue weighted by Gasteiger charge is -2.37. The molecule has 1 unspecified atom stereocenters. The van der Waals surface area contributed by atoms with Crippen LogP contribution in [-0.4, -0.2) is 49.2 Å². The molecule has 106 valence electrons. The smallest absolute Gasteiger partial charge is 0.131 e. The van der Waals surface area contributed by atoms with Gasteiger partial charge in [-0.2, -0.15) is 0 Å². The summed E-state index contributed by atoms with van der Waals surface area (Å²) in [6, 6.07) is 2.13. The Morgan fingerprint density at radius 2 is 2.05 bits per heavy atom. The predicted octanol–water partition coefficient (Wildman–Crippen LogP) is 1.87. The number of aromatic nitrogens is 1. The first-order chi connectivity index (χ1) is 9.10. The van der Waals surface area contributed by atoms with Gasteiger partial charge in [0.05, 0.1) is 0 Å². The highest BCUT2D eigenvalue weighted by Crippen LogP contribution is 2.21. The molecule has 2 heterocycles. The molecule has 1 aromatic heterocycles. The van der Waals surface area contributed by atoms with Gasteiger partial charge < -0.3 is 10.6 Å². The van der Waals surface area contributed by atoms with Crippen molar-refractivity contribution in [3.05, 3.63) is 22.3 Å². The van der Waals surface area contributed by atoms with E-state index >= 15 is 0 Å². The van der Waals surface area contributed by atoms with Crippen LogP contribution in [0.3, 0.4) is 0 Å². The summed E-state index contributed by atoms with van der Waals surface area (Å²) in [5, 5.41) is 0. The van der Waals surface area contributed by atoms with Crippen molar-refractivity contribution in [3.8, 4) is 0 Å². The predicted molar refractivity (Wildman–Crippen MR) is 83.5 cm³/mol. The van der Waals surface area contributed by atoms with Crippen molar-refractivity contribution in [2.75, 3.05) is 44.2 Å². The summed E-state index contributed by atoms with van der Waals surface area (Å²) in [5.41, 5.74) is 6.92. The van der Waals surface area contributed by atoms with E-state index in [0.717, 1.165) is 49.6 Å². The molecule has 0 spiro atoms. The van der Waals surface area contributed by atoms with Gasteiger partial charge in [0.15, 0.2) is 0 Å². The van der Waals surface area contributed by atoms with Crippen LogP contribution < -0.4 is 10.6 Å². The first-order valence-corrected chi connectivity index (χ1v) is 7.69. The summed E-state index contributed by atoms with van der Waals surface area (Å²) < 4.78 is 1.05. The maximum absolute atomic E-state index is 5.69. The van der Waals surface area contributed by atoms with E-state index < -0.39 is 0 Å². The summed E-state index contributed by atoms with van der Waals surface area (Å²) in [7, 11) is 0. The number of halogens is 1. The number of anilines is 1. The van der Waals surface area contributed by atoms with E-state index in [-0.39, 0.29) is 0 Å². The zero-order valence-electron chi connectivity index (χ0n) is 11.8. The molecule has 1 aliphatic rings. The number of nitrogens with two attached hydrogens (primary N) is 1. The van der Waals surface area contributed by atoms with Gasteiger partial charge in [-0.15, -0.1) is 0 Å². The molecule has 2 rings (SSSR count). The Kier molecular flexibility index (Phi) is 5.19. The molecule has 0 amide bonds. The quantitative estimate of drug-likeness (QED) is 0.917. The van der Waals surface area contributed by atoms with Crippen molar-refractivity contribution < 1.29 is 0 Å². The summed E-state index contributed by atoms with van der Waals surface area (Å²) in [4.78, 5) is 9.43. The Balaban J connectivity index is 1.92. The van der Waals surface area contributed by atoms with Gasteiger partial charge in [-0.25, -0.2) is 4.98 Å². The van der Waals surface area contributed by atoms with Crippen LogP contribution in [0.5, 0.6) is 0 Å². The van der Waals surface area contributed by atoms with Gasteiger partial charge in [0, 0.05) is 43.4 Å². The lowest BCUT2D eigenvalue weighted by molar-refractivity contribution is 0.226. The normalized spacial score (nSPS) is 18.6. The van der Waals surface area contributed by atoms with Gasteiger partial charge >= 0.3 is 0 Å². The standard InChI is InChI=1S/C14H23BrN4/c1-11(8-16)10-18-3-5-19(6-4-18)14-12(2)7-13(15)9-17-14/h7,9,11H,3-6,8,10,16H2,1-2H3. The lowest BCUT2D eigenvalue weighted by Crippen LogP contribution is -2.48. The van der Waals surface area contributed by atoms with Crippen molar-refractivity contribution in [3.63, 3.8) is 0 Å². The second kappa shape index (κ2) is 6.68. The van der Waals surface area contributed by atoms with Gasteiger partial charge in [0.2, 0.25) is 0 Å². The fraction of sp³-hybridized carbons (Fsp3) is 0.643. The van der Waals surface area contributed by atoms with Crippen molar-refractivity contribution in [1.29, 1.82) is 0 Å². The monoisotopic (exact) mass is 326 g/mol. The lowest BCUT2D eigenvalue weighted by atomic mass is 10.1. The van der Waals surface area contributed by atoms with E-state index in [1.54, 1.807) is 0 Å². The van der Waals surface area contributed by atoms with Crippen LogP contribution in [0.15, 0.2) is 16.7 Å². The molecule has 1 atom stereocenters. The molecule has 4 nitrogen and oxygen atoms in total. The highest BCUT2D eigenvalue weighted by Gasteiger charge is 2.20. The molecule has 0 radical (unpaired) electrons. The summed E-state index contributed by atoms with van der Waals surface area (Å²) in [6.45, 7) is 10.5. The van der Waals surface area contributed by atoms with Gasteiger partial charge in [-0.3, -0.25) is 4.90 Å². The van der Waals surface area contributed by atoms with Crippen LogP contribution in [-0.2, 0) is 0 Å². The molecule has 1 saturated heterocycles. The molecule has 0 aliphatic carbocycles. The molecule has 2 N–H and O–H groups in total. The van der Waals surface area contributed by atoms with E-state index in [0.29, 0.717) is 5.92 Å². The number of hydrogen-bond donors (Lipinski definition) is 1. The second-order valence-electron chi connectivity index (χ2n) is 5.42. The number of pyridine rings is 1. The molecular weight excluding hydrogens is 304 g/mol. The zero-order valence-corrected chi connectivity index (χ0v) is 13.4. The number of hydrogen-bond acceptors (Lipinski definition) is 4. The van der Waals surface area contributed by atoms with Crippen LogP contribution in [0.25, 0.3) is 0 Å². The van der Waals surface area contributed by atoms with Crippen LogP contribution in [0.4, 0.5) is 5.82 Å². The number of nitrogens with zero attached hydrogens (tertiary/aromatic N) is 3. The Morgan fingerprint density at radius 1 is 1.37 bits per heavy atom. The number of rotatable bonds is 4. The van der Waals surface area contributed by atoms with Crippen molar-refractivity contribution >= 4 is 21.7 Å². The zero-order chi connectivity index (χ0) is 13.8. The molecule has 1 aromatic rings. The Morgan fingerprint density at radius 3 is 2.63 bits per heavy atom.